The summed E-state index contributed by atoms with van der Waals surface area (Å²) in [6, 6.07) is 9.84. The zero-order valence-electron chi connectivity index (χ0n) is 11.5. The van der Waals surface area contributed by atoms with Crippen LogP contribution in [-0.2, 0) is 4.74 Å². The van der Waals surface area contributed by atoms with Gasteiger partial charge in [-0.25, -0.2) is 0 Å². The molecule has 1 aliphatic heterocycles. The van der Waals surface area contributed by atoms with E-state index >= 15 is 0 Å². The fraction of sp³-hybridized carbons (Fsp3) is 0.600. The molecule has 1 aromatic carbocycles. The van der Waals surface area contributed by atoms with Gasteiger partial charge in [0.1, 0.15) is 0 Å². The fourth-order valence-electron chi connectivity index (χ4n) is 2.75. The van der Waals surface area contributed by atoms with E-state index in [1.165, 1.54) is 0 Å². The molecule has 2 unspecified atom stereocenters. The first-order valence-corrected chi connectivity index (χ1v) is 6.59. The second-order valence-corrected chi connectivity index (χ2v) is 5.81. The number of β-amino-alcohol motifs (C(OH)–C–C–N with tert-alkyl or cyclic N) is 1. The van der Waals surface area contributed by atoms with E-state index in [1.807, 2.05) is 30.3 Å². The fourth-order valence-corrected chi connectivity index (χ4v) is 2.75. The van der Waals surface area contributed by atoms with Gasteiger partial charge in [-0.15, -0.1) is 0 Å². The minimum atomic E-state index is -0.424. The third kappa shape index (κ3) is 3.55. The van der Waals surface area contributed by atoms with Crippen molar-refractivity contribution < 1.29 is 9.84 Å². The molecular formula is C15H23NO2. The molecule has 100 valence electrons. The van der Waals surface area contributed by atoms with Crippen LogP contribution in [0.15, 0.2) is 30.3 Å². The van der Waals surface area contributed by atoms with Crippen LogP contribution in [-0.4, -0.2) is 41.3 Å². The largest absolute Gasteiger partial charge is 0.387 e. The Bertz CT molecular complexity index is 377. The molecule has 1 fully saturated rings. The van der Waals surface area contributed by atoms with Gasteiger partial charge in [0, 0.05) is 19.6 Å². The Morgan fingerprint density at radius 2 is 2.06 bits per heavy atom. The van der Waals surface area contributed by atoms with Crippen molar-refractivity contribution in [3.05, 3.63) is 35.9 Å². The van der Waals surface area contributed by atoms with Gasteiger partial charge in [-0.1, -0.05) is 30.3 Å². The van der Waals surface area contributed by atoms with Crippen molar-refractivity contribution in [1.29, 1.82) is 0 Å². The predicted molar refractivity (Wildman–Crippen MR) is 72.5 cm³/mol. The summed E-state index contributed by atoms with van der Waals surface area (Å²) in [5, 5.41) is 10.2. The Kier molecular flexibility index (Phi) is 4.05. The zero-order chi connectivity index (χ0) is 13.2. The summed E-state index contributed by atoms with van der Waals surface area (Å²) in [5.41, 5.74) is 0.850. The van der Waals surface area contributed by atoms with Crippen LogP contribution in [0.4, 0.5) is 0 Å². The molecule has 0 saturated carbocycles. The molecule has 3 nitrogen and oxygen atoms in total. The van der Waals surface area contributed by atoms with E-state index in [4.69, 9.17) is 4.74 Å². The summed E-state index contributed by atoms with van der Waals surface area (Å²) in [5.74, 6) is 0. The Labute approximate surface area is 109 Å². The van der Waals surface area contributed by atoms with Crippen LogP contribution in [0.1, 0.15) is 32.4 Å². The van der Waals surface area contributed by atoms with E-state index in [1.54, 1.807) is 0 Å². The number of aliphatic hydroxyl groups excluding tert-OH is 1. The molecule has 0 aliphatic carbocycles. The Balaban J connectivity index is 1.97. The van der Waals surface area contributed by atoms with Crippen LogP contribution in [0.5, 0.6) is 0 Å². The Hall–Kier alpha value is -0.900. The van der Waals surface area contributed by atoms with Crippen molar-refractivity contribution in [2.75, 3.05) is 19.6 Å². The van der Waals surface area contributed by atoms with Crippen LogP contribution >= 0.6 is 0 Å². The van der Waals surface area contributed by atoms with Gasteiger partial charge in [-0.2, -0.15) is 0 Å². The van der Waals surface area contributed by atoms with E-state index in [9.17, 15) is 5.11 Å². The summed E-state index contributed by atoms with van der Waals surface area (Å²) in [6.07, 6.45) is -0.205. The average molecular weight is 249 g/mol. The van der Waals surface area contributed by atoms with Crippen LogP contribution in [0, 0.1) is 0 Å². The molecule has 1 saturated heterocycles. The maximum Gasteiger partial charge on any atom is 0.0916 e. The molecule has 2 atom stereocenters. The quantitative estimate of drug-likeness (QED) is 0.891. The minimum Gasteiger partial charge on any atom is -0.387 e. The van der Waals surface area contributed by atoms with E-state index < -0.39 is 6.10 Å². The van der Waals surface area contributed by atoms with Crippen molar-refractivity contribution in [2.45, 2.75) is 38.6 Å². The van der Waals surface area contributed by atoms with Crippen LogP contribution in [0.25, 0.3) is 0 Å². The molecular weight excluding hydrogens is 226 g/mol. The van der Waals surface area contributed by atoms with Crippen molar-refractivity contribution >= 4 is 0 Å². The van der Waals surface area contributed by atoms with Crippen LogP contribution < -0.4 is 0 Å². The smallest absolute Gasteiger partial charge is 0.0916 e. The Morgan fingerprint density at radius 1 is 1.39 bits per heavy atom. The molecule has 2 rings (SSSR count). The zero-order valence-corrected chi connectivity index (χ0v) is 11.5. The maximum absolute atomic E-state index is 10.2. The van der Waals surface area contributed by atoms with Gasteiger partial charge in [0.25, 0.3) is 0 Å². The number of nitrogens with zero attached hydrogens (tertiary/aromatic N) is 1. The third-order valence-electron chi connectivity index (χ3n) is 3.26. The molecule has 0 aromatic heterocycles. The third-order valence-corrected chi connectivity index (χ3v) is 3.26. The molecule has 0 radical (unpaired) electrons. The lowest BCUT2D eigenvalue weighted by molar-refractivity contribution is -0.133. The molecule has 18 heavy (non-hydrogen) atoms. The number of hydrogen-bond acceptors (Lipinski definition) is 3. The number of benzene rings is 1. The van der Waals surface area contributed by atoms with Crippen molar-refractivity contribution in [3.63, 3.8) is 0 Å². The van der Waals surface area contributed by atoms with E-state index in [0.717, 1.165) is 18.7 Å². The first-order valence-electron chi connectivity index (χ1n) is 6.59. The highest BCUT2D eigenvalue weighted by molar-refractivity contribution is 5.17. The molecule has 0 spiro atoms. The standard InChI is InChI=1S/C15H23NO2/c1-12-9-16(11-15(2,3)18-12)10-14(17)13-7-5-4-6-8-13/h4-8,12,14,17H,9-11H2,1-3H3. The van der Waals surface area contributed by atoms with Crippen molar-refractivity contribution in [2.24, 2.45) is 0 Å². The number of aliphatic hydroxyl groups is 1. The lowest BCUT2D eigenvalue weighted by Crippen LogP contribution is -2.52. The molecule has 1 N–H and O–H groups in total. The van der Waals surface area contributed by atoms with Gasteiger partial charge in [0.15, 0.2) is 0 Å². The molecule has 1 aromatic rings. The highest BCUT2D eigenvalue weighted by Crippen LogP contribution is 2.23. The summed E-state index contributed by atoms with van der Waals surface area (Å²) in [6.45, 7) is 8.70. The van der Waals surface area contributed by atoms with Gasteiger partial charge in [0.2, 0.25) is 0 Å². The van der Waals surface area contributed by atoms with Gasteiger partial charge in [-0.05, 0) is 26.3 Å². The molecule has 0 bridgehead atoms. The second kappa shape index (κ2) is 5.39. The molecule has 1 heterocycles. The first kappa shape index (κ1) is 13.5. The second-order valence-electron chi connectivity index (χ2n) is 5.81. The van der Waals surface area contributed by atoms with Gasteiger partial charge in [-0.3, -0.25) is 4.90 Å². The highest BCUT2D eigenvalue weighted by Gasteiger charge is 2.32. The lowest BCUT2D eigenvalue weighted by atomic mass is 10.0. The van der Waals surface area contributed by atoms with Gasteiger partial charge >= 0.3 is 0 Å². The number of ether oxygens (including phenoxy) is 1. The predicted octanol–water partition coefficient (Wildman–Crippen LogP) is 2.22. The normalized spacial score (nSPS) is 25.9. The monoisotopic (exact) mass is 249 g/mol. The van der Waals surface area contributed by atoms with Crippen molar-refractivity contribution in [3.8, 4) is 0 Å². The number of rotatable bonds is 3. The lowest BCUT2D eigenvalue weighted by Gasteiger charge is -2.42. The van der Waals surface area contributed by atoms with E-state index in [-0.39, 0.29) is 11.7 Å². The van der Waals surface area contributed by atoms with Gasteiger partial charge in [0.05, 0.1) is 17.8 Å². The van der Waals surface area contributed by atoms with Crippen LogP contribution in [0.2, 0.25) is 0 Å². The summed E-state index contributed by atoms with van der Waals surface area (Å²) >= 11 is 0. The highest BCUT2D eigenvalue weighted by atomic mass is 16.5. The van der Waals surface area contributed by atoms with Gasteiger partial charge < -0.3 is 9.84 Å². The molecule has 3 heteroatoms. The van der Waals surface area contributed by atoms with Crippen LogP contribution in [0.3, 0.4) is 0 Å². The Morgan fingerprint density at radius 3 is 2.67 bits per heavy atom. The minimum absolute atomic E-state index is 0.131. The van der Waals surface area contributed by atoms with E-state index in [2.05, 4.69) is 25.7 Å². The summed E-state index contributed by atoms with van der Waals surface area (Å²) < 4.78 is 5.87. The topological polar surface area (TPSA) is 32.7 Å². The average Bonchev–Trinajstić information content (AvgIpc) is 2.27. The summed E-state index contributed by atoms with van der Waals surface area (Å²) in [4.78, 5) is 2.28. The first-order chi connectivity index (χ1) is 8.46. The summed E-state index contributed by atoms with van der Waals surface area (Å²) in [7, 11) is 0. The maximum atomic E-state index is 10.2. The van der Waals surface area contributed by atoms with E-state index in [0.29, 0.717) is 6.54 Å². The SMILES string of the molecule is CC1CN(CC(O)c2ccccc2)CC(C)(C)O1. The number of hydrogen-bond donors (Lipinski definition) is 1. The molecule has 1 aliphatic rings. The number of morpholine rings is 1. The van der Waals surface area contributed by atoms with Crippen molar-refractivity contribution in [1.82, 2.24) is 4.90 Å². The molecule has 0 amide bonds.